The molecule has 0 saturated carbocycles. The number of carbonyl (C=O) groups excluding carboxylic acids is 1. The molecule has 1 aliphatic heterocycles. The zero-order valence-electron chi connectivity index (χ0n) is 11.9. The predicted octanol–water partition coefficient (Wildman–Crippen LogP) is 0.993. The van der Waals surface area contributed by atoms with Crippen molar-refractivity contribution in [2.75, 3.05) is 19.6 Å². The predicted molar refractivity (Wildman–Crippen MR) is 78.3 cm³/mol. The number of benzene rings is 1. The number of phenolic OH excluding ortho intramolecular Hbond substituents is 1. The van der Waals surface area contributed by atoms with Gasteiger partial charge in [-0.15, -0.1) is 0 Å². The van der Waals surface area contributed by atoms with Gasteiger partial charge >= 0.3 is 0 Å². The zero-order valence-corrected chi connectivity index (χ0v) is 11.9. The summed E-state index contributed by atoms with van der Waals surface area (Å²) in [6, 6.07) is 7.13. The molecule has 1 saturated heterocycles. The monoisotopic (exact) mass is 277 g/mol. The molecule has 1 atom stereocenters. The highest BCUT2D eigenvalue weighted by Gasteiger charge is 2.19. The summed E-state index contributed by atoms with van der Waals surface area (Å²) in [6.07, 6.45) is 1.91. The Hall–Kier alpha value is -1.59. The number of rotatable bonds is 4. The van der Waals surface area contributed by atoms with Crippen LogP contribution in [0.15, 0.2) is 24.3 Å². The van der Waals surface area contributed by atoms with Crippen LogP contribution in [0, 0.1) is 0 Å². The van der Waals surface area contributed by atoms with E-state index in [-0.39, 0.29) is 23.7 Å². The lowest BCUT2D eigenvalue weighted by Gasteiger charge is -2.29. The average Bonchev–Trinajstić information content (AvgIpc) is 2.41. The summed E-state index contributed by atoms with van der Waals surface area (Å²) < 4.78 is 0. The van der Waals surface area contributed by atoms with E-state index in [0.717, 1.165) is 31.5 Å². The van der Waals surface area contributed by atoms with Gasteiger partial charge in [-0.25, -0.2) is 0 Å². The van der Waals surface area contributed by atoms with Crippen molar-refractivity contribution in [3.05, 3.63) is 29.8 Å². The highest BCUT2D eigenvalue weighted by atomic mass is 16.3. The summed E-state index contributed by atoms with van der Waals surface area (Å²) in [5.74, 6) is 0.227. The van der Waals surface area contributed by atoms with Crippen LogP contribution >= 0.6 is 0 Å². The second kappa shape index (κ2) is 6.72. The lowest BCUT2D eigenvalue weighted by molar-refractivity contribution is -0.123. The maximum absolute atomic E-state index is 12.0. The van der Waals surface area contributed by atoms with E-state index in [4.69, 9.17) is 5.73 Å². The third-order valence-corrected chi connectivity index (χ3v) is 3.75. The fraction of sp³-hybridized carbons (Fsp3) is 0.533. The molecule has 2 rings (SSSR count). The van der Waals surface area contributed by atoms with Crippen molar-refractivity contribution in [2.45, 2.75) is 31.8 Å². The Morgan fingerprint density at radius 1 is 1.50 bits per heavy atom. The molecule has 1 aliphatic rings. The van der Waals surface area contributed by atoms with Gasteiger partial charge in [0.05, 0.1) is 12.6 Å². The van der Waals surface area contributed by atoms with Crippen LogP contribution in [-0.2, 0) is 4.79 Å². The SMILES string of the molecule is CC(NC(=O)CN1CCC(N)CC1)c1cccc(O)c1. The number of phenols is 1. The summed E-state index contributed by atoms with van der Waals surface area (Å²) in [6.45, 7) is 4.10. The fourth-order valence-electron chi connectivity index (χ4n) is 2.48. The van der Waals surface area contributed by atoms with Gasteiger partial charge in [-0.3, -0.25) is 9.69 Å². The molecule has 1 fully saturated rings. The van der Waals surface area contributed by atoms with Crippen molar-refractivity contribution in [1.82, 2.24) is 10.2 Å². The van der Waals surface area contributed by atoms with Crippen LogP contribution in [0.3, 0.4) is 0 Å². The number of hydrogen-bond acceptors (Lipinski definition) is 4. The number of aromatic hydroxyl groups is 1. The van der Waals surface area contributed by atoms with Gasteiger partial charge in [0, 0.05) is 19.1 Å². The first-order valence-electron chi connectivity index (χ1n) is 7.11. The molecular formula is C15H23N3O2. The Labute approximate surface area is 119 Å². The summed E-state index contributed by atoms with van der Waals surface area (Å²) in [4.78, 5) is 14.1. The Morgan fingerprint density at radius 3 is 2.85 bits per heavy atom. The van der Waals surface area contributed by atoms with E-state index in [1.807, 2.05) is 13.0 Å². The van der Waals surface area contributed by atoms with Crippen LogP contribution in [0.5, 0.6) is 5.75 Å². The second-order valence-corrected chi connectivity index (χ2v) is 5.50. The van der Waals surface area contributed by atoms with Gasteiger partial charge in [-0.1, -0.05) is 12.1 Å². The first-order chi connectivity index (χ1) is 9.54. The Balaban J connectivity index is 1.82. The molecular weight excluding hydrogens is 254 g/mol. The summed E-state index contributed by atoms with van der Waals surface area (Å²) in [7, 11) is 0. The lowest BCUT2D eigenvalue weighted by atomic mass is 10.1. The number of nitrogens with two attached hydrogens (primary N) is 1. The number of carbonyl (C=O) groups is 1. The molecule has 1 amide bonds. The number of nitrogens with one attached hydrogen (secondary N) is 1. The number of piperidine rings is 1. The van der Waals surface area contributed by atoms with E-state index >= 15 is 0 Å². The topological polar surface area (TPSA) is 78.6 Å². The Morgan fingerprint density at radius 2 is 2.20 bits per heavy atom. The molecule has 1 heterocycles. The smallest absolute Gasteiger partial charge is 0.234 e. The van der Waals surface area contributed by atoms with Gasteiger partial charge in [-0.05, 0) is 37.5 Å². The third kappa shape index (κ3) is 4.21. The van der Waals surface area contributed by atoms with E-state index in [1.54, 1.807) is 18.2 Å². The zero-order chi connectivity index (χ0) is 14.5. The molecule has 110 valence electrons. The van der Waals surface area contributed by atoms with E-state index < -0.39 is 0 Å². The molecule has 1 aromatic rings. The van der Waals surface area contributed by atoms with Gasteiger partial charge < -0.3 is 16.2 Å². The molecule has 0 bridgehead atoms. The van der Waals surface area contributed by atoms with Gasteiger partial charge in [-0.2, -0.15) is 0 Å². The summed E-state index contributed by atoms with van der Waals surface area (Å²) >= 11 is 0. The molecule has 5 nitrogen and oxygen atoms in total. The van der Waals surface area contributed by atoms with Crippen molar-refractivity contribution in [3.63, 3.8) is 0 Å². The number of nitrogens with zero attached hydrogens (tertiary/aromatic N) is 1. The van der Waals surface area contributed by atoms with Crippen LogP contribution in [-0.4, -0.2) is 41.6 Å². The van der Waals surface area contributed by atoms with Crippen LogP contribution < -0.4 is 11.1 Å². The number of likely N-dealkylation sites (tertiary alicyclic amines) is 1. The average molecular weight is 277 g/mol. The maximum atomic E-state index is 12.0. The standard InChI is InChI=1S/C15H23N3O2/c1-11(12-3-2-4-14(19)9-12)17-15(20)10-18-7-5-13(16)6-8-18/h2-4,9,11,13,19H,5-8,10,16H2,1H3,(H,17,20). The molecule has 1 unspecified atom stereocenters. The highest BCUT2D eigenvalue weighted by molar-refractivity contribution is 5.78. The highest BCUT2D eigenvalue weighted by Crippen LogP contribution is 2.17. The molecule has 20 heavy (non-hydrogen) atoms. The van der Waals surface area contributed by atoms with Crippen LogP contribution in [0.1, 0.15) is 31.4 Å². The quantitative estimate of drug-likeness (QED) is 0.767. The van der Waals surface area contributed by atoms with Gasteiger partial charge in [0.25, 0.3) is 0 Å². The number of amides is 1. The van der Waals surface area contributed by atoms with Crippen LogP contribution in [0.25, 0.3) is 0 Å². The normalized spacial score (nSPS) is 18.7. The Bertz CT molecular complexity index is 456. The first kappa shape index (κ1) is 14.8. The molecule has 4 N–H and O–H groups in total. The van der Waals surface area contributed by atoms with Gasteiger partial charge in [0.15, 0.2) is 0 Å². The van der Waals surface area contributed by atoms with E-state index in [0.29, 0.717) is 6.54 Å². The minimum atomic E-state index is -0.110. The summed E-state index contributed by atoms with van der Waals surface area (Å²) in [5, 5.41) is 12.4. The van der Waals surface area contributed by atoms with Crippen molar-refractivity contribution in [1.29, 1.82) is 0 Å². The van der Waals surface area contributed by atoms with Crippen molar-refractivity contribution in [3.8, 4) is 5.75 Å². The molecule has 0 aliphatic carbocycles. The van der Waals surface area contributed by atoms with E-state index in [2.05, 4.69) is 10.2 Å². The first-order valence-corrected chi connectivity index (χ1v) is 7.11. The van der Waals surface area contributed by atoms with E-state index in [9.17, 15) is 9.90 Å². The fourth-order valence-corrected chi connectivity index (χ4v) is 2.48. The largest absolute Gasteiger partial charge is 0.508 e. The van der Waals surface area contributed by atoms with Crippen molar-refractivity contribution in [2.24, 2.45) is 5.73 Å². The van der Waals surface area contributed by atoms with Crippen molar-refractivity contribution >= 4 is 5.91 Å². The molecule has 5 heteroatoms. The number of hydrogen-bond donors (Lipinski definition) is 3. The Kier molecular flexibility index (Phi) is 4.98. The minimum Gasteiger partial charge on any atom is -0.508 e. The van der Waals surface area contributed by atoms with Crippen LogP contribution in [0.2, 0.25) is 0 Å². The molecule has 0 radical (unpaired) electrons. The molecule has 1 aromatic carbocycles. The maximum Gasteiger partial charge on any atom is 0.234 e. The molecule has 0 spiro atoms. The minimum absolute atomic E-state index is 0.0105. The van der Waals surface area contributed by atoms with Gasteiger partial charge in [0.2, 0.25) is 5.91 Å². The summed E-state index contributed by atoms with van der Waals surface area (Å²) in [5.41, 5.74) is 6.75. The third-order valence-electron chi connectivity index (χ3n) is 3.75. The lowest BCUT2D eigenvalue weighted by Crippen LogP contribution is -2.44. The second-order valence-electron chi connectivity index (χ2n) is 5.50. The van der Waals surface area contributed by atoms with Crippen molar-refractivity contribution < 1.29 is 9.90 Å². The van der Waals surface area contributed by atoms with Crippen LogP contribution in [0.4, 0.5) is 0 Å². The van der Waals surface area contributed by atoms with E-state index in [1.165, 1.54) is 0 Å². The molecule has 0 aromatic heterocycles. The van der Waals surface area contributed by atoms with Gasteiger partial charge in [0.1, 0.15) is 5.75 Å².